The summed E-state index contributed by atoms with van der Waals surface area (Å²) < 4.78 is 0. The average molecular weight is 265 g/mol. The van der Waals surface area contributed by atoms with Crippen LogP contribution in [0.25, 0.3) is 0 Å². The molecule has 0 aromatic rings. The smallest absolute Gasteiger partial charge is 0.223 e. The van der Waals surface area contributed by atoms with Crippen LogP contribution in [0.1, 0.15) is 44.9 Å². The molecular weight excluding hydrogens is 238 g/mol. The summed E-state index contributed by atoms with van der Waals surface area (Å²) in [5.74, 6) is 0.862. The summed E-state index contributed by atoms with van der Waals surface area (Å²) in [5.41, 5.74) is 5.82. The van der Waals surface area contributed by atoms with Crippen LogP contribution in [0.2, 0.25) is 0 Å². The van der Waals surface area contributed by atoms with E-state index in [1.807, 2.05) is 0 Å². The van der Waals surface area contributed by atoms with Gasteiger partial charge in [-0.25, -0.2) is 0 Å². The first kappa shape index (κ1) is 13.4. The molecule has 3 aliphatic rings. The van der Waals surface area contributed by atoms with Crippen LogP contribution in [0.3, 0.4) is 0 Å². The SMILES string of the molecule is NCC1CCCCC1C(=O)NC1CCN(C2CC2)C1. The first-order chi connectivity index (χ1) is 9.28. The lowest BCUT2D eigenvalue weighted by Crippen LogP contribution is -2.44. The maximum Gasteiger partial charge on any atom is 0.223 e. The van der Waals surface area contributed by atoms with Crippen LogP contribution in [-0.4, -0.2) is 42.5 Å². The van der Waals surface area contributed by atoms with E-state index in [0.29, 0.717) is 18.5 Å². The minimum Gasteiger partial charge on any atom is -0.352 e. The number of nitrogens with two attached hydrogens (primary N) is 1. The van der Waals surface area contributed by atoms with Gasteiger partial charge in [0.2, 0.25) is 5.91 Å². The zero-order valence-corrected chi connectivity index (χ0v) is 11.8. The highest BCUT2D eigenvalue weighted by molar-refractivity contribution is 5.79. The van der Waals surface area contributed by atoms with E-state index < -0.39 is 0 Å². The normalized spacial score (nSPS) is 36.4. The van der Waals surface area contributed by atoms with Gasteiger partial charge in [0, 0.05) is 31.1 Å². The Labute approximate surface area is 116 Å². The monoisotopic (exact) mass is 265 g/mol. The summed E-state index contributed by atoms with van der Waals surface area (Å²) >= 11 is 0. The molecule has 3 unspecified atom stereocenters. The van der Waals surface area contributed by atoms with Gasteiger partial charge in [-0.3, -0.25) is 9.69 Å². The Kier molecular flexibility index (Phi) is 4.08. The van der Waals surface area contributed by atoms with E-state index in [2.05, 4.69) is 10.2 Å². The molecule has 1 aliphatic heterocycles. The van der Waals surface area contributed by atoms with E-state index in [1.165, 1.54) is 32.2 Å². The van der Waals surface area contributed by atoms with Crippen LogP contribution >= 0.6 is 0 Å². The fourth-order valence-electron chi connectivity index (χ4n) is 3.82. The molecule has 4 nitrogen and oxygen atoms in total. The Morgan fingerprint density at radius 3 is 2.68 bits per heavy atom. The maximum atomic E-state index is 12.4. The molecule has 0 aromatic heterocycles. The van der Waals surface area contributed by atoms with Crippen molar-refractivity contribution in [3.8, 4) is 0 Å². The molecule has 3 N–H and O–H groups in total. The first-order valence-electron chi connectivity index (χ1n) is 8.02. The molecule has 2 aliphatic carbocycles. The third-order valence-corrected chi connectivity index (χ3v) is 5.18. The van der Waals surface area contributed by atoms with E-state index in [9.17, 15) is 4.79 Å². The summed E-state index contributed by atoms with van der Waals surface area (Å²) in [5, 5.41) is 3.29. The van der Waals surface area contributed by atoms with Gasteiger partial charge in [-0.1, -0.05) is 12.8 Å². The molecule has 3 fully saturated rings. The Morgan fingerprint density at radius 1 is 1.16 bits per heavy atom. The predicted octanol–water partition coefficient (Wildman–Crippen LogP) is 1.10. The molecular formula is C15H27N3O. The van der Waals surface area contributed by atoms with Crippen molar-refractivity contribution in [3.63, 3.8) is 0 Å². The van der Waals surface area contributed by atoms with E-state index in [-0.39, 0.29) is 11.8 Å². The zero-order chi connectivity index (χ0) is 13.2. The molecule has 0 spiro atoms. The van der Waals surface area contributed by atoms with Gasteiger partial charge < -0.3 is 11.1 Å². The number of hydrogen-bond donors (Lipinski definition) is 2. The minimum absolute atomic E-state index is 0.175. The second-order valence-electron chi connectivity index (χ2n) is 6.61. The molecule has 0 bridgehead atoms. The van der Waals surface area contributed by atoms with Crippen molar-refractivity contribution in [2.24, 2.45) is 17.6 Å². The summed E-state index contributed by atoms with van der Waals surface area (Å²) in [6.07, 6.45) is 8.44. The largest absolute Gasteiger partial charge is 0.352 e. The topological polar surface area (TPSA) is 58.4 Å². The summed E-state index contributed by atoms with van der Waals surface area (Å²) in [6.45, 7) is 2.90. The standard InChI is InChI=1S/C15H27N3O/c16-9-11-3-1-2-4-14(11)15(19)17-12-7-8-18(10-12)13-5-6-13/h11-14H,1-10,16H2,(H,17,19). The van der Waals surface area contributed by atoms with Gasteiger partial charge in [0.25, 0.3) is 0 Å². The van der Waals surface area contributed by atoms with Gasteiger partial charge in [-0.05, 0) is 44.6 Å². The van der Waals surface area contributed by atoms with Crippen LogP contribution < -0.4 is 11.1 Å². The number of carbonyl (C=O) groups excluding carboxylic acids is 1. The molecule has 1 amide bonds. The number of nitrogens with one attached hydrogen (secondary N) is 1. The molecule has 4 heteroatoms. The quantitative estimate of drug-likeness (QED) is 0.800. The van der Waals surface area contributed by atoms with Crippen LogP contribution in [0.5, 0.6) is 0 Å². The fourth-order valence-corrected chi connectivity index (χ4v) is 3.82. The molecule has 0 aromatic carbocycles. The average Bonchev–Trinajstić information content (AvgIpc) is 3.19. The van der Waals surface area contributed by atoms with Crippen molar-refractivity contribution >= 4 is 5.91 Å². The lowest BCUT2D eigenvalue weighted by atomic mass is 9.78. The molecule has 1 saturated heterocycles. The van der Waals surface area contributed by atoms with Crippen molar-refractivity contribution in [1.82, 2.24) is 10.2 Å². The Balaban J connectivity index is 1.49. The highest BCUT2D eigenvalue weighted by Gasteiger charge is 2.36. The van der Waals surface area contributed by atoms with E-state index >= 15 is 0 Å². The predicted molar refractivity (Wildman–Crippen MR) is 75.6 cm³/mol. The summed E-state index contributed by atoms with van der Waals surface area (Å²) in [7, 11) is 0. The third kappa shape index (κ3) is 3.11. The second kappa shape index (κ2) is 5.80. The van der Waals surface area contributed by atoms with Crippen molar-refractivity contribution in [3.05, 3.63) is 0 Å². The Morgan fingerprint density at radius 2 is 1.95 bits per heavy atom. The molecule has 108 valence electrons. The Bertz CT molecular complexity index is 329. The van der Waals surface area contributed by atoms with Gasteiger partial charge >= 0.3 is 0 Å². The number of hydrogen-bond acceptors (Lipinski definition) is 3. The summed E-state index contributed by atoms with van der Waals surface area (Å²) in [6, 6.07) is 1.21. The van der Waals surface area contributed by atoms with Crippen molar-refractivity contribution < 1.29 is 4.79 Å². The van der Waals surface area contributed by atoms with Gasteiger partial charge in [0.05, 0.1) is 0 Å². The number of carbonyl (C=O) groups is 1. The van der Waals surface area contributed by atoms with Gasteiger partial charge in [-0.2, -0.15) is 0 Å². The number of amides is 1. The lowest BCUT2D eigenvalue weighted by Gasteiger charge is -2.30. The lowest BCUT2D eigenvalue weighted by molar-refractivity contribution is -0.128. The van der Waals surface area contributed by atoms with Gasteiger partial charge in [0.15, 0.2) is 0 Å². The van der Waals surface area contributed by atoms with Gasteiger partial charge in [0.1, 0.15) is 0 Å². The maximum absolute atomic E-state index is 12.4. The number of likely N-dealkylation sites (tertiary alicyclic amines) is 1. The van der Waals surface area contributed by atoms with Crippen LogP contribution in [0, 0.1) is 11.8 Å². The fraction of sp³-hybridized carbons (Fsp3) is 0.933. The van der Waals surface area contributed by atoms with Crippen molar-refractivity contribution in [1.29, 1.82) is 0 Å². The third-order valence-electron chi connectivity index (χ3n) is 5.18. The molecule has 1 heterocycles. The highest BCUT2D eigenvalue weighted by atomic mass is 16.2. The zero-order valence-electron chi connectivity index (χ0n) is 11.8. The molecule has 19 heavy (non-hydrogen) atoms. The van der Waals surface area contributed by atoms with Crippen molar-refractivity contribution in [2.45, 2.75) is 57.0 Å². The van der Waals surface area contributed by atoms with Gasteiger partial charge in [-0.15, -0.1) is 0 Å². The number of nitrogens with zero attached hydrogens (tertiary/aromatic N) is 1. The van der Waals surface area contributed by atoms with E-state index in [4.69, 9.17) is 5.73 Å². The molecule has 0 radical (unpaired) electrons. The second-order valence-corrected chi connectivity index (χ2v) is 6.61. The summed E-state index contributed by atoms with van der Waals surface area (Å²) in [4.78, 5) is 15.0. The highest BCUT2D eigenvalue weighted by Crippen LogP contribution is 2.31. The minimum atomic E-state index is 0.175. The molecule has 3 atom stereocenters. The molecule has 2 saturated carbocycles. The van der Waals surface area contributed by atoms with E-state index in [0.717, 1.165) is 31.8 Å². The first-order valence-corrected chi connectivity index (χ1v) is 8.02. The van der Waals surface area contributed by atoms with Crippen LogP contribution in [0.15, 0.2) is 0 Å². The Hall–Kier alpha value is -0.610. The molecule has 3 rings (SSSR count). The van der Waals surface area contributed by atoms with Crippen molar-refractivity contribution in [2.75, 3.05) is 19.6 Å². The number of rotatable bonds is 4. The van der Waals surface area contributed by atoms with E-state index in [1.54, 1.807) is 0 Å². The van der Waals surface area contributed by atoms with Crippen LogP contribution in [-0.2, 0) is 4.79 Å². The van der Waals surface area contributed by atoms with Crippen LogP contribution in [0.4, 0.5) is 0 Å².